The van der Waals surface area contributed by atoms with Gasteiger partial charge in [-0.2, -0.15) is 0 Å². The number of nitrogens with zero attached hydrogens (tertiary/aromatic N) is 2. The van der Waals surface area contributed by atoms with Crippen molar-refractivity contribution < 1.29 is 9.47 Å². The Hall–Kier alpha value is -2.63. The fraction of sp³-hybridized carbons (Fsp3) is 0.407. The number of benzene rings is 2. The van der Waals surface area contributed by atoms with Crippen molar-refractivity contribution in [2.24, 2.45) is 0 Å². The van der Waals surface area contributed by atoms with Gasteiger partial charge in [-0.05, 0) is 55.5 Å². The zero-order valence-corrected chi connectivity index (χ0v) is 20.2. The third kappa shape index (κ3) is 4.32. The lowest BCUT2D eigenvalue weighted by Gasteiger charge is -2.24. The second-order valence-electron chi connectivity index (χ2n) is 8.75. The lowest BCUT2D eigenvalue weighted by Crippen LogP contribution is -2.26. The Morgan fingerprint density at radius 3 is 2.61 bits per heavy atom. The summed E-state index contributed by atoms with van der Waals surface area (Å²) in [7, 11) is 1.65. The van der Waals surface area contributed by atoms with Crippen LogP contribution in [0.5, 0.6) is 5.75 Å². The first kappa shape index (κ1) is 22.2. The number of nitrogens with one attached hydrogen (secondary N) is 1. The molecule has 33 heavy (non-hydrogen) atoms. The van der Waals surface area contributed by atoms with Crippen LogP contribution in [0.25, 0.3) is 11.3 Å². The van der Waals surface area contributed by atoms with Crippen molar-refractivity contribution in [1.29, 1.82) is 0 Å². The summed E-state index contributed by atoms with van der Waals surface area (Å²) in [5.41, 5.74) is 6.40. The molecule has 5 nitrogen and oxygen atoms in total. The van der Waals surface area contributed by atoms with Gasteiger partial charge in [0.2, 0.25) is 0 Å². The van der Waals surface area contributed by atoms with Crippen LogP contribution >= 0.6 is 11.6 Å². The predicted octanol–water partition coefficient (Wildman–Crippen LogP) is 6.36. The number of rotatable bonds is 8. The summed E-state index contributed by atoms with van der Waals surface area (Å²) in [6.07, 6.45) is 4.03. The smallest absolute Gasteiger partial charge is 0.148 e. The molecule has 2 aliphatic rings. The molecule has 0 aliphatic heterocycles. The molecule has 1 heterocycles. The molecule has 1 fully saturated rings. The molecule has 0 spiro atoms. The third-order valence-corrected chi connectivity index (χ3v) is 6.89. The maximum Gasteiger partial charge on any atom is 0.148 e. The van der Waals surface area contributed by atoms with Gasteiger partial charge >= 0.3 is 0 Å². The van der Waals surface area contributed by atoms with Crippen LogP contribution in [0.3, 0.4) is 0 Å². The molecule has 2 aromatic carbocycles. The minimum Gasteiger partial charge on any atom is -0.497 e. The summed E-state index contributed by atoms with van der Waals surface area (Å²) in [6.45, 7) is 4.86. The molecular formula is C27H30ClN3O2. The minimum absolute atomic E-state index is 0.0585. The first-order chi connectivity index (χ1) is 16.1. The minimum atomic E-state index is 0.0585. The van der Waals surface area contributed by atoms with Crippen molar-refractivity contribution in [1.82, 2.24) is 9.97 Å². The van der Waals surface area contributed by atoms with Gasteiger partial charge in [-0.3, -0.25) is 0 Å². The van der Waals surface area contributed by atoms with E-state index in [1.54, 1.807) is 7.11 Å². The highest BCUT2D eigenvalue weighted by Gasteiger charge is 2.35. The van der Waals surface area contributed by atoms with E-state index in [9.17, 15) is 0 Å². The third-order valence-electron chi connectivity index (χ3n) is 6.58. The van der Waals surface area contributed by atoms with Gasteiger partial charge in [-0.1, -0.05) is 42.8 Å². The number of anilines is 1. The van der Waals surface area contributed by atoms with Gasteiger partial charge in [0.25, 0.3) is 0 Å². The van der Waals surface area contributed by atoms with Crippen LogP contribution in [0.2, 0.25) is 5.02 Å². The molecule has 0 amide bonds. The van der Waals surface area contributed by atoms with E-state index in [0.29, 0.717) is 17.5 Å². The molecule has 172 valence electrons. The molecule has 1 aromatic heterocycles. The van der Waals surface area contributed by atoms with E-state index < -0.39 is 0 Å². The van der Waals surface area contributed by atoms with Crippen molar-refractivity contribution in [3.8, 4) is 17.0 Å². The molecule has 3 aromatic rings. The Bertz CT molecular complexity index is 1160. The Balaban J connectivity index is 1.56. The number of aryl methyl sites for hydroxylation is 1. The quantitative estimate of drug-likeness (QED) is 0.421. The molecule has 0 bridgehead atoms. The first-order valence-electron chi connectivity index (χ1n) is 11.8. The zero-order valence-electron chi connectivity index (χ0n) is 19.4. The molecule has 2 aliphatic carbocycles. The molecule has 1 saturated carbocycles. The van der Waals surface area contributed by atoms with E-state index in [2.05, 4.69) is 43.4 Å². The highest BCUT2D eigenvalue weighted by Crippen LogP contribution is 2.45. The number of aromatic nitrogens is 2. The van der Waals surface area contributed by atoms with Crippen LogP contribution in [0.15, 0.2) is 42.5 Å². The number of hydrogen-bond acceptors (Lipinski definition) is 5. The lowest BCUT2D eigenvalue weighted by molar-refractivity contribution is 0.0573. The van der Waals surface area contributed by atoms with Crippen LogP contribution in [-0.4, -0.2) is 29.8 Å². The Labute approximate surface area is 200 Å². The topological polar surface area (TPSA) is 56.3 Å². The number of ether oxygens (including phenoxy) is 2. The highest BCUT2D eigenvalue weighted by molar-refractivity contribution is 6.33. The average molecular weight is 464 g/mol. The maximum atomic E-state index is 6.64. The van der Waals surface area contributed by atoms with Crippen molar-refractivity contribution in [2.75, 3.05) is 19.0 Å². The van der Waals surface area contributed by atoms with E-state index in [0.717, 1.165) is 59.9 Å². The molecule has 5 rings (SSSR count). The fourth-order valence-corrected chi connectivity index (χ4v) is 5.01. The van der Waals surface area contributed by atoms with Gasteiger partial charge in [-0.25, -0.2) is 9.97 Å². The first-order valence-corrected chi connectivity index (χ1v) is 12.2. The number of fused-ring (bicyclic) bond motifs is 1. The molecule has 6 heteroatoms. The summed E-state index contributed by atoms with van der Waals surface area (Å²) >= 11 is 6.64. The summed E-state index contributed by atoms with van der Waals surface area (Å²) in [5.74, 6) is 2.02. The van der Waals surface area contributed by atoms with Crippen molar-refractivity contribution in [2.45, 2.75) is 57.6 Å². The van der Waals surface area contributed by atoms with Crippen LogP contribution in [0.1, 0.15) is 61.2 Å². The molecular weight excluding hydrogens is 434 g/mol. The largest absolute Gasteiger partial charge is 0.497 e. The van der Waals surface area contributed by atoms with Gasteiger partial charge < -0.3 is 14.8 Å². The molecule has 0 saturated heterocycles. The van der Waals surface area contributed by atoms with Crippen molar-refractivity contribution >= 4 is 17.4 Å². The van der Waals surface area contributed by atoms with E-state index >= 15 is 0 Å². The Morgan fingerprint density at radius 1 is 1.09 bits per heavy atom. The predicted molar refractivity (Wildman–Crippen MR) is 132 cm³/mol. The zero-order chi connectivity index (χ0) is 22.9. The molecule has 2 atom stereocenters. The summed E-state index contributed by atoms with van der Waals surface area (Å²) in [5, 5.41) is 4.37. The molecule has 1 unspecified atom stereocenters. The van der Waals surface area contributed by atoms with E-state index in [1.165, 1.54) is 11.1 Å². The average Bonchev–Trinajstić information content (AvgIpc) is 3.62. The molecule has 0 radical (unpaired) electrons. The van der Waals surface area contributed by atoms with Crippen LogP contribution in [0, 0.1) is 0 Å². The van der Waals surface area contributed by atoms with Crippen LogP contribution in [-0.2, 0) is 17.6 Å². The normalized spacial score (nSPS) is 19.4. The van der Waals surface area contributed by atoms with E-state index in [4.69, 9.17) is 31.0 Å². The van der Waals surface area contributed by atoms with Gasteiger partial charge in [-0.15, -0.1) is 0 Å². The lowest BCUT2D eigenvalue weighted by atomic mass is 10.0. The highest BCUT2D eigenvalue weighted by atomic mass is 35.5. The fourth-order valence-electron chi connectivity index (χ4n) is 4.75. The SMILES string of the molecule is CCO[C@H]1Cc2ccccc2C1Nc1nc(C2CC2)c(-c2ccc(OC)cc2Cl)nc1CC. The Morgan fingerprint density at radius 2 is 1.91 bits per heavy atom. The second kappa shape index (κ2) is 9.32. The second-order valence-corrected chi connectivity index (χ2v) is 9.15. The number of halogens is 1. The van der Waals surface area contributed by atoms with Crippen molar-refractivity contribution in [3.63, 3.8) is 0 Å². The van der Waals surface area contributed by atoms with Gasteiger partial charge in [0.05, 0.1) is 41.4 Å². The van der Waals surface area contributed by atoms with E-state index in [1.807, 2.05) is 18.2 Å². The van der Waals surface area contributed by atoms with Crippen LogP contribution < -0.4 is 10.1 Å². The molecule has 1 N–H and O–H groups in total. The monoisotopic (exact) mass is 463 g/mol. The van der Waals surface area contributed by atoms with Gasteiger partial charge in [0.15, 0.2) is 0 Å². The van der Waals surface area contributed by atoms with Crippen LogP contribution in [0.4, 0.5) is 5.82 Å². The number of hydrogen-bond donors (Lipinski definition) is 1. The summed E-state index contributed by atoms with van der Waals surface area (Å²) in [4.78, 5) is 10.3. The summed E-state index contributed by atoms with van der Waals surface area (Å²) in [6, 6.07) is 14.4. The van der Waals surface area contributed by atoms with Gasteiger partial charge in [0.1, 0.15) is 11.6 Å². The Kier molecular flexibility index (Phi) is 6.26. The number of methoxy groups -OCH3 is 1. The maximum absolute atomic E-state index is 6.64. The van der Waals surface area contributed by atoms with Gasteiger partial charge in [0, 0.05) is 24.5 Å². The summed E-state index contributed by atoms with van der Waals surface area (Å²) < 4.78 is 11.5. The van der Waals surface area contributed by atoms with Crippen molar-refractivity contribution in [3.05, 3.63) is 70.0 Å². The van der Waals surface area contributed by atoms with E-state index in [-0.39, 0.29) is 12.1 Å². The standard InChI is InChI=1S/C27H30ClN3O2/c1-4-22-27(31-25-19-9-7-6-8-17(19)14-23(25)33-5-2)30-24(16-10-11-16)26(29-22)20-13-12-18(32-3)15-21(20)28/h6-9,12-13,15-16,23,25H,4-5,10-11,14H2,1-3H3,(H,30,31)/t23-,25?/m0/s1.